The van der Waals surface area contributed by atoms with Crippen molar-refractivity contribution in [1.82, 2.24) is 9.97 Å². The number of nitrogens with zero attached hydrogens (tertiary/aromatic N) is 4. The predicted octanol–water partition coefficient (Wildman–Crippen LogP) is 3.32. The molecule has 0 fully saturated rings. The van der Waals surface area contributed by atoms with Crippen molar-refractivity contribution >= 4 is 29.2 Å². The number of carbonyl (C=O) groups excluding carboxylic acids is 1. The number of hydrogen-bond acceptors (Lipinski definition) is 5. The van der Waals surface area contributed by atoms with Crippen LogP contribution in [-0.2, 0) is 11.2 Å². The van der Waals surface area contributed by atoms with Crippen LogP contribution in [0.2, 0.25) is 0 Å². The van der Waals surface area contributed by atoms with Gasteiger partial charge in [0.2, 0.25) is 5.91 Å². The number of thioether (sulfide) groups is 1. The normalized spacial score (nSPS) is 10.1. The highest BCUT2D eigenvalue weighted by atomic mass is 32.2. The molecule has 1 heterocycles. The van der Waals surface area contributed by atoms with Gasteiger partial charge in [0, 0.05) is 6.92 Å². The first-order chi connectivity index (χ1) is 10.6. The quantitative estimate of drug-likeness (QED) is 0.640. The van der Waals surface area contributed by atoms with Crippen LogP contribution in [-0.4, -0.2) is 22.1 Å². The van der Waals surface area contributed by atoms with E-state index in [2.05, 4.69) is 16.0 Å². The Hall–Kier alpha value is -2.39. The second kappa shape index (κ2) is 7.05. The third kappa shape index (κ3) is 3.10. The van der Waals surface area contributed by atoms with Gasteiger partial charge in [0.15, 0.2) is 11.0 Å². The Morgan fingerprint density at radius 3 is 2.73 bits per heavy atom. The second-order valence-electron chi connectivity index (χ2n) is 4.54. The fourth-order valence-corrected chi connectivity index (χ4v) is 2.50. The Morgan fingerprint density at radius 1 is 1.41 bits per heavy atom. The molecule has 0 atom stereocenters. The smallest absolute Gasteiger partial charge is 0.229 e. The van der Waals surface area contributed by atoms with Gasteiger partial charge in [-0.2, -0.15) is 5.26 Å². The van der Waals surface area contributed by atoms with Crippen LogP contribution in [0.25, 0.3) is 0 Å². The molecular weight excluding hydrogens is 296 g/mol. The van der Waals surface area contributed by atoms with Crippen molar-refractivity contribution in [3.05, 3.63) is 41.6 Å². The van der Waals surface area contributed by atoms with Crippen molar-refractivity contribution in [2.45, 2.75) is 25.4 Å². The van der Waals surface area contributed by atoms with Crippen molar-refractivity contribution in [2.75, 3.05) is 11.2 Å². The van der Waals surface area contributed by atoms with Crippen molar-refractivity contribution in [1.29, 1.82) is 5.26 Å². The first-order valence-corrected chi connectivity index (χ1v) is 8.04. The van der Waals surface area contributed by atoms with Gasteiger partial charge >= 0.3 is 0 Å². The summed E-state index contributed by atoms with van der Waals surface area (Å²) in [4.78, 5) is 22.2. The lowest BCUT2D eigenvalue weighted by molar-refractivity contribution is -0.115. The molecule has 0 N–H and O–H groups in total. The molecule has 0 aliphatic rings. The molecule has 2 aromatic rings. The standard InChI is InChI=1S/C16H16N4OS/c1-4-12-7-5-6-8-14(12)20(11(2)21)15-13(9-17)10-18-16(19-15)22-3/h5-8,10H,4H2,1-3H3. The number of aromatic nitrogens is 2. The summed E-state index contributed by atoms with van der Waals surface area (Å²) in [6, 6.07) is 9.69. The minimum Gasteiger partial charge on any atom is -0.274 e. The van der Waals surface area contributed by atoms with Crippen molar-refractivity contribution in [2.24, 2.45) is 0 Å². The molecule has 0 bridgehead atoms. The first-order valence-electron chi connectivity index (χ1n) is 6.82. The van der Waals surface area contributed by atoms with E-state index in [4.69, 9.17) is 0 Å². The van der Waals surface area contributed by atoms with Gasteiger partial charge in [-0.3, -0.25) is 9.69 Å². The zero-order chi connectivity index (χ0) is 16.1. The van der Waals surface area contributed by atoms with Gasteiger partial charge in [-0.1, -0.05) is 36.9 Å². The van der Waals surface area contributed by atoms with Crippen LogP contribution in [0, 0.1) is 11.3 Å². The lowest BCUT2D eigenvalue weighted by Gasteiger charge is -2.23. The third-order valence-electron chi connectivity index (χ3n) is 3.19. The van der Waals surface area contributed by atoms with E-state index >= 15 is 0 Å². The third-order valence-corrected chi connectivity index (χ3v) is 3.75. The number of para-hydroxylation sites is 1. The summed E-state index contributed by atoms with van der Waals surface area (Å²) in [7, 11) is 0. The van der Waals surface area contributed by atoms with Crippen LogP contribution in [0.1, 0.15) is 25.0 Å². The van der Waals surface area contributed by atoms with Crippen LogP contribution in [0.15, 0.2) is 35.6 Å². The molecule has 1 aromatic carbocycles. The van der Waals surface area contributed by atoms with E-state index in [1.54, 1.807) is 0 Å². The SMILES string of the molecule is CCc1ccccc1N(C(C)=O)c1nc(SC)ncc1C#N. The van der Waals surface area contributed by atoms with Crippen molar-refractivity contribution in [3.8, 4) is 6.07 Å². The van der Waals surface area contributed by atoms with Gasteiger partial charge in [0.1, 0.15) is 11.6 Å². The molecule has 0 unspecified atom stereocenters. The molecule has 5 nitrogen and oxygen atoms in total. The summed E-state index contributed by atoms with van der Waals surface area (Å²) in [5.41, 5.74) is 2.05. The Labute approximate surface area is 134 Å². The van der Waals surface area contributed by atoms with E-state index in [-0.39, 0.29) is 11.5 Å². The Kier molecular flexibility index (Phi) is 5.12. The van der Waals surface area contributed by atoms with Crippen molar-refractivity contribution < 1.29 is 4.79 Å². The zero-order valence-corrected chi connectivity index (χ0v) is 13.5. The monoisotopic (exact) mass is 312 g/mol. The Balaban J connectivity index is 2.68. The summed E-state index contributed by atoms with van der Waals surface area (Å²) in [5, 5.41) is 9.83. The zero-order valence-electron chi connectivity index (χ0n) is 12.7. The van der Waals surface area contributed by atoms with E-state index in [1.165, 1.54) is 29.8 Å². The number of benzene rings is 1. The lowest BCUT2D eigenvalue weighted by atomic mass is 10.1. The largest absolute Gasteiger partial charge is 0.274 e. The highest BCUT2D eigenvalue weighted by Crippen LogP contribution is 2.30. The van der Waals surface area contributed by atoms with Gasteiger partial charge in [-0.05, 0) is 24.3 Å². The van der Waals surface area contributed by atoms with Crippen LogP contribution in [0.3, 0.4) is 0 Å². The molecule has 0 aliphatic heterocycles. The fourth-order valence-electron chi connectivity index (χ4n) is 2.17. The Bertz CT molecular complexity index is 739. The molecule has 0 saturated carbocycles. The average Bonchev–Trinajstić information content (AvgIpc) is 2.55. The fraction of sp³-hybridized carbons (Fsp3) is 0.250. The molecule has 1 aromatic heterocycles. The predicted molar refractivity (Wildman–Crippen MR) is 87.2 cm³/mol. The maximum Gasteiger partial charge on any atom is 0.229 e. The number of carbonyl (C=O) groups is 1. The molecule has 0 spiro atoms. The summed E-state index contributed by atoms with van der Waals surface area (Å²) in [6.45, 7) is 3.49. The highest BCUT2D eigenvalue weighted by Gasteiger charge is 2.22. The molecule has 22 heavy (non-hydrogen) atoms. The van der Waals surface area contributed by atoms with Gasteiger partial charge in [0.05, 0.1) is 11.9 Å². The lowest BCUT2D eigenvalue weighted by Crippen LogP contribution is -2.26. The van der Waals surface area contributed by atoms with E-state index in [0.29, 0.717) is 11.0 Å². The van der Waals surface area contributed by atoms with Gasteiger partial charge < -0.3 is 0 Å². The topological polar surface area (TPSA) is 69.9 Å². The summed E-state index contributed by atoms with van der Waals surface area (Å²) in [5.74, 6) is 0.137. The summed E-state index contributed by atoms with van der Waals surface area (Å²) in [6.07, 6.45) is 4.09. The number of amides is 1. The average molecular weight is 312 g/mol. The van der Waals surface area contributed by atoms with E-state index in [1.807, 2.05) is 37.4 Å². The number of nitriles is 1. The Morgan fingerprint density at radius 2 is 2.14 bits per heavy atom. The number of aryl methyl sites for hydroxylation is 1. The highest BCUT2D eigenvalue weighted by molar-refractivity contribution is 7.98. The summed E-state index contributed by atoms with van der Waals surface area (Å²) >= 11 is 1.37. The molecule has 0 radical (unpaired) electrons. The molecule has 1 amide bonds. The molecular formula is C16H16N4OS. The first kappa shape index (κ1) is 16.0. The van der Waals surface area contributed by atoms with Crippen molar-refractivity contribution in [3.63, 3.8) is 0 Å². The number of anilines is 2. The number of rotatable bonds is 4. The van der Waals surface area contributed by atoms with Crippen LogP contribution in [0.5, 0.6) is 0 Å². The van der Waals surface area contributed by atoms with E-state index in [0.717, 1.165) is 17.7 Å². The maximum absolute atomic E-state index is 12.2. The van der Waals surface area contributed by atoms with Crippen LogP contribution >= 0.6 is 11.8 Å². The van der Waals surface area contributed by atoms with Gasteiger partial charge in [-0.15, -0.1) is 0 Å². The molecule has 0 saturated heterocycles. The summed E-state index contributed by atoms with van der Waals surface area (Å²) < 4.78 is 0. The van der Waals surface area contributed by atoms with E-state index in [9.17, 15) is 10.1 Å². The molecule has 2 rings (SSSR count). The number of hydrogen-bond donors (Lipinski definition) is 0. The van der Waals surface area contributed by atoms with Crippen LogP contribution < -0.4 is 4.90 Å². The molecule has 6 heteroatoms. The minimum absolute atomic E-state index is 0.192. The van der Waals surface area contributed by atoms with Gasteiger partial charge in [0.25, 0.3) is 0 Å². The molecule has 112 valence electrons. The minimum atomic E-state index is -0.192. The van der Waals surface area contributed by atoms with Gasteiger partial charge in [-0.25, -0.2) is 9.97 Å². The molecule has 0 aliphatic carbocycles. The van der Waals surface area contributed by atoms with Crippen LogP contribution in [0.4, 0.5) is 11.5 Å². The maximum atomic E-state index is 12.2. The van der Waals surface area contributed by atoms with E-state index < -0.39 is 0 Å². The second-order valence-corrected chi connectivity index (χ2v) is 5.32.